The highest BCUT2D eigenvalue weighted by Crippen LogP contribution is 2.19. The molecule has 0 saturated carbocycles. The van der Waals surface area contributed by atoms with Gasteiger partial charge < -0.3 is 19.5 Å². The fourth-order valence-electron chi connectivity index (χ4n) is 4.23. The molecule has 7 nitrogen and oxygen atoms in total. The Morgan fingerprint density at radius 1 is 0.878 bits per heavy atom. The molecule has 3 aromatic carbocycles. The van der Waals surface area contributed by atoms with Crippen molar-refractivity contribution in [2.24, 2.45) is 5.92 Å². The number of rotatable bonds is 17. The smallest absolute Gasteiger partial charge is 0.305 e. The lowest BCUT2D eigenvalue weighted by molar-refractivity contribution is -0.143. The Bertz CT molecular complexity index is 1250. The summed E-state index contributed by atoms with van der Waals surface area (Å²) < 4.78 is 15.9. The van der Waals surface area contributed by atoms with Crippen LogP contribution in [0.1, 0.15) is 42.9 Å². The van der Waals surface area contributed by atoms with Crippen LogP contribution in [0.4, 0.5) is 0 Å². The summed E-state index contributed by atoms with van der Waals surface area (Å²) in [5, 5.41) is 3.01. The first kappa shape index (κ1) is 31.1. The number of esters is 1. The number of allylic oxidation sites excluding steroid dienone is 1. The van der Waals surface area contributed by atoms with Crippen molar-refractivity contribution in [3.63, 3.8) is 0 Å². The highest BCUT2D eigenvalue weighted by molar-refractivity contribution is 5.96. The van der Waals surface area contributed by atoms with Crippen molar-refractivity contribution in [1.29, 1.82) is 0 Å². The van der Waals surface area contributed by atoms with Gasteiger partial charge in [0, 0.05) is 25.3 Å². The van der Waals surface area contributed by atoms with Crippen LogP contribution in [0.15, 0.2) is 84.9 Å². The Morgan fingerprint density at radius 2 is 1.56 bits per heavy atom. The Kier molecular flexibility index (Phi) is 13.2. The van der Waals surface area contributed by atoms with E-state index in [1.807, 2.05) is 78.9 Å². The van der Waals surface area contributed by atoms with E-state index in [0.717, 1.165) is 22.4 Å². The second kappa shape index (κ2) is 17.3. The molecule has 1 amide bonds. The zero-order valence-electron chi connectivity index (χ0n) is 23.8. The van der Waals surface area contributed by atoms with Crippen LogP contribution in [0.5, 0.6) is 11.5 Å². The van der Waals surface area contributed by atoms with Crippen molar-refractivity contribution in [1.82, 2.24) is 5.32 Å². The van der Waals surface area contributed by atoms with Crippen LogP contribution in [0, 0.1) is 5.92 Å². The Morgan fingerprint density at radius 3 is 2.24 bits per heavy atom. The number of carbonyl (C=O) groups excluding carboxylic acids is 3. The van der Waals surface area contributed by atoms with E-state index in [0.29, 0.717) is 51.2 Å². The number of carbonyl (C=O) groups is 3. The number of ketones is 1. The van der Waals surface area contributed by atoms with E-state index in [1.54, 1.807) is 26.2 Å². The monoisotopic (exact) mass is 557 g/mol. The van der Waals surface area contributed by atoms with Gasteiger partial charge in [0.2, 0.25) is 5.91 Å². The SMILES string of the molecule is CCOC(=O)CCCOc1ccc(C[C@H](CC(=O)C=Cc2ccccc2)C(=O)NCCc2ccc(OC)cc2)cc1. The topological polar surface area (TPSA) is 90.9 Å². The van der Waals surface area contributed by atoms with Gasteiger partial charge in [0.05, 0.1) is 20.3 Å². The van der Waals surface area contributed by atoms with Crippen molar-refractivity contribution in [3.05, 3.63) is 102 Å². The molecule has 0 aromatic heterocycles. The van der Waals surface area contributed by atoms with Crippen LogP contribution in [0.2, 0.25) is 0 Å². The summed E-state index contributed by atoms with van der Waals surface area (Å²) in [5.74, 6) is 0.459. The van der Waals surface area contributed by atoms with E-state index in [4.69, 9.17) is 14.2 Å². The maximum Gasteiger partial charge on any atom is 0.305 e. The molecule has 0 radical (unpaired) electrons. The summed E-state index contributed by atoms with van der Waals surface area (Å²) in [6.07, 6.45) is 5.39. The first-order valence-corrected chi connectivity index (χ1v) is 14.0. The minimum Gasteiger partial charge on any atom is -0.497 e. The first-order valence-electron chi connectivity index (χ1n) is 14.0. The number of amides is 1. The van der Waals surface area contributed by atoms with Crippen LogP contribution >= 0.6 is 0 Å². The molecule has 0 fully saturated rings. The Labute approximate surface area is 242 Å². The fraction of sp³-hybridized carbons (Fsp3) is 0.324. The van der Waals surface area contributed by atoms with Gasteiger partial charge in [-0.1, -0.05) is 60.7 Å². The van der Waals surface area contributed by atoms with E-state index in [9.17, 15) is 14.4 Å². The van der Waals surface area contributed by atoms with Gasteiger partial charge in [-0.2, -0.15) is 0 Å². The second-order valence-electron chi connectivity index (χ2n) is 9.61. The van der Waals surface area contributed by atoms with Crippen LogP contribution in [-0.4, -0.2) is 44.5 Å². The summed E-state index contributed by atoms with van der Waals surface area (Å²) in [6.45, 7) is 3.02. The summed E-state index contributed by atoms with van der Waals surface area (Å²) in [7, 11) is 1.63. The predicted molar refractivity (Wildman–Crippen MR) is 160 cm³/mol. The first-order chi connectivity index (χ1) is 20.0. The zero-order chi connectivity index (χ0) is 29.3. The van der Waals surface area contributed by atoms with Gasteiger partial charge in [-0.3, -0.25) is 14.4 Å². The van der Waals surface area contributed by atoms with E-state index in [2.05, 4.69) is 5.32 Å². The van der Waals surface area contributed by atoms with Crippen molar-refractivity contribution in [3.8, 4) is 11.5 Å². The van der Waals surface area contributed by atoms with Crippen molar-refractivity contribution in [2.75, 3.05) is 26.9 Å². The molecular formula is C34H39NO6. The number of benzene rings is 3. The molecule has 0 unspecified atom stereocenters. The van der Waals surface area contributed by atoms with Gasteiger partial charge in [0.15, 0.2) is 5.78 Å². The molecule has 0 spiro atoms. The molecule has 3 aromatic rings. The van der Waals surface area contributed by atoms with Gasteiger partial charge in [-0.25, -0.2) is 0 Å². The van der Waals surface area contributed by atoms with Crippen molar-refractivity contribution < 1.29 is 28.6 Å². The van der Waals surface area contributed by atoms with Gasteiger partial charge in [-0.15, -0.1) is 0 Å². The Balaban J connectivity index is 1.58. The van der Waals surface area contributed by atoms with Gasteiger partial charge in [-0.05, 0) is 73.2 Å². The van der Waals surface area contributed by atoms with E-state index in [1.165, 1.54) is 0 Å². The van der Waals surface area contributed by atoms with E-state index in [-0.39, 0.29) is 24.1 Å². The highest BCUT2D eigenvalue weighted by Gasteiger charge is 2.21. The lowest BCUT2D eigenvalue weighted by Crippen LogP contribution is -2.34. The van der Waals surface area contributed by atoms with Gasteiger partial charge in [0.1, 0.15) is 11.5 Å². The molecule has 0 heterocycles. The maximum atomic E-state index is 13.2. The third kappa shape index (κ3) is 11.7. The quantitative estimate of drug-likeness (QED) is 0.132. The summed E-state index contributed by atoms with van der Waals surface area (Å²) >= 11 is 0. The van der Waals surface area contributed by atoms with Crippen LogP contribution < -0.4 is 14.8 Å². The standard InChI is InChI=1S/C34H39NO6/c1-3-40-33(37)10-7-23-41-32-19-14-28(15-20-32)24-29(25-30(36)16-11-26-8-5-4-6-9-26)34(38)35-22-21-27-12-17-31(39-2)18-13-27/h4-6,8-9,11-20,29H,3,7,10,21-25H2,1-2H3,(H,35,38)/t29-/m1/s1. The predicted octanol–water partition coefficient (Wildman–Crippen LogP) is 5.61. The summed E-state index contributed by atoms with van der Waals surface area (Å²) in [5.41, 5.74) is 2.94. The molecule has 216 valence electrons. The molecular weight excluding hydrogens is 518 g/mol. The van der Waals surface area contributed by atoms with Crippen LogP contribution in [-0.2, 0) is 32.0 Å². The third-order valence-corrected chi connectivity index (χ3v) is 6.46. The third-order valence-electron chi connectivity index (χ3n) is 6.46. The molecule has 0 bridgehead atoms. The highest BCUT2D eigenvalue weighted by atomic mass is 16.5. The van der Waals surface area contributed by atoms with E-state index >= 15 is 0 Å². The molecule has 0 aliphatic rings. The number of hydrogen-bond acceptors (Lipinski definition) is 6. The zero-order valence-corrected chi connectivity index (χ0v) is 23.8. The van der Waals surface area contributed by atoms with E-state index < -0.39 is 5.92 Å². The van der Waals surface area contributed by atoms with Crippen LogP contribution in [0.3, 0.4) is 0 Å². The largest absolute Gasteiger partial charge is 0.497 e. The summed E-state index contributed by atoms with van der Waals surface area (Å²) in [6, 6.07) is 24.8. The van der Waals surface area contributed by atoms with Gasteiger partial charge >= 0.3 is 5.97 Å². The number of ether oxygens (including phenoxy) is 3. The molecule has 7 heteroatoms. The molecule has 0 aliphatic carbocycles. The van der Waals surface area contributed by atoms with Crippen molar-refractivity contribution >= 4 is 23.7 Å². The lowest BCUT2D eigenvalue weighted by atomic mass is 9.93. The molecule has 1 N–H and O–H groups in total. The number of methoxy groups -OCH3 is 1. The minimum atomic E-state index is -0.518. The molecule has 0 aliphatic heterocycles. The number of nitrogens with one attached hydrogen (secondary N) is 1. The molecule has 1 atom stereocenters. The van der Waals surface area contributed by atoms with Crippen molar-refractivity contribution in [2.45, 2.75) is 39.0 Å². The molecule has 0 saturated heterocycles. The molecule has 3 rings (SSSR count). The minimum absolute atomic E-state index is 0.101. The maximum absolute atomic E-state index is 13.2. The average molecular weight is 558 g/mol. The Hall–Kier alpha value is -4.39. The lowest BCUT2D eigenvalue weighted by Gasteiger charge is -2.16. The fourth-order valence-corrected chi connectivity index (χ4v) is 4.23. The number of hydrogen-bond donors (Lipinski definition) is 1. The average Bonchev–Trinajstić information content (AvgIpc) is 2.99. The van der Waals surface area contributed by atoms with Crippen LogP contribution in [0.25, 0.3) is 6.08 Å². The normalized spacial score (nSPS) is 11.6. The van der Waals surface area contributed by atoms with Gasteiger partial charge in [0.25, 0.3) is 0 Å². The summed E-state index contributed by atoms with van der Waals surface area (Å²) in [4.78, 5) is 37.5. The molecule has 41 heavy (non-hydrogen) atoms. The second-order valence-corrected chi connectivity index (χ2v) is 9.61.